The molecule has 0 saturated heterocycles. The molecule has 0 bridgehead atoms. The molecule has 0 heterocycles. The molecule has 1 spiro atoms. The van der Waals surface area contributed by atoms with Crippen LogP contribution in [-0.4, -0.2) is 5.84 Å². The highest BCUT2D eigenvalue weighted by atomic mass is 14.9. The molecule has 2 unspecified atom stereocenters. The number of hydrogen-bond donors (Lipinski definition) is 1. The lowest BCUT2D eigenvalue weighted by atomic mass is 9.51. The standard InChI is InChI=1S/C58H48N2/c1-40(35-38-55(42-21-7-3-8-22-42)60-56(59)43-23-9-4-10-24-43)41(2)44-36-37-53-54(39-44)57(45-25-11-5-12-26-45,46-27-13-6-14-28-46)51-33-19-20-34-52(51)58(53)49-31-17-15-29-47(49)48-30-16-18-32-50(48)58/h3-34,36-41H,35H2,1-2H3,(H2,59,60)/b55-38+. The fourth-order valence-corrected chi connectivity index (χ4v) is 10.4. The van der Waals surface area contributed by atoms with Crippen molar-refractivity contribution in [2.75, 3.05) is 0 Å². The van der Waals surface area contributed by atoms with Gasteiger partial charge in [0.05, 0.1) is 16.5 Å². The number of nitrogens with two attached hydrogens (primary N) is 1. The maximum Gasteiger partial charge on any atom is 0.131 e. The molecule has 0 fully saturated rings. The first-order chi connectivity index (χ1) is 29.5. The number of aliphatic imine (C=N–C) groups is 1. The third kappa shape index (κ3) is 5.81. The van der Waals surface area contributed by atoms with Crippen molar-refractivity contribution in [2.24, 2.45) is 16.6 Å². The van der Waals surface area contributed by atoms with E-state index in [4.69, 9.17) is 10.7 Å². The monoisotopic (exact) mass is 772 g/mol. The molecule has 0 aromatic heterocycles. The van der Waals surface area contributed by atoms with Gasteiger partial charge in [0.2, 0.25) is 0 Å². The number of amidine groups is 1. The average Bonchev–Trinajstić information content (AvgIpc) is 3.62. The summed E-state index contributed by atoms with van der Waals surface area (Å²) in [5.41, 5.74) is 22.9. The second-order valence-corrected chi connectivity index (χ2v) is 16.5. The van der Waals surface area contributed by atoms with Crippen LogP contribution in [0.1, 0.15) is 87.4 Å². The molecule has 2 aliphatic carbocycles. The number of nitrogens with zero attached hydrogens (tertiary/aromatic N) is 1. The minimum Gasteiger partial charge on any atom is -0.383 e. The summed E-state index contributed by atoms with van der Waals surface area (Å²) in [7, 11) is 0. The number of benzene rings is 8. The summed E-state index contributed by atoms with van der Waals surface area (Å²) in [5.74, 6) is 1.05. The van der Waals surface area contributed by atoms with Crippen LogP contribution in [0.4, 0.5) is 0 Å². The van der Waals surface area contributed by atoms with Crippen molar-refractivity contribution in [3.05, 3.63) is 280 Å². The topological polar surface area (TPSA) is 38.4 Å². The van der Waals surface area contributed by atoms with Crippen molar-refractivity contribution >= 4 is 11.5 Å². The molecular weight excluding hydrogens is 725 g/mol. The van der Waals surface area contributed by atoms with Crippen LogP contribution in [0.25, 0.3) is 16.8 Å². The Hall–Kier alpha value is -7.03. The fraction of sp³-hybridized carbons (Fsp3) is 0.121. The molecule has 2 heteroatoms. The first kappa shape index (κ1) is 37.3. The molecule has 2 atom stereocenters. The summed E-state index contributed by atoms with van der Waals surface area (Å²) >= 11 is 0. The zero-order chi connectivity index (χ0) is 40.7. The molecule has 2 nitrogen and oxygen atoms in total. The summed E-state index contributed by atoms with van der Waals surface area (Å²) in [4.78, 5) is 5.02. The minimum absolute atomic E-state index is 0.236. The summed E-state index contributed by atoms with van der Waals surface area (Å²) < 4.78 is 0. The van der Waals surface area contributed by atoms with Gasteiger partial charge >= 0.3 is 0 Å². The molecule has 8 aromatic rings. The number of rotatable bonds is 9. The zero-order valence-corrected chi connectivity index (χ0v) is 34.2. The van der Waals surface area contributed by atoms with Gasteiger partial charge in [-0.15, -0.1) is 0 Å². The van der Waals surface area contributed by atoms with Gasteiger partial charge in [0.1, 0.15) is 5.84 Å². The summed E-state index contributed by atoms with van der Waals surface area (Å²) in [6.45, 7) is 4.76. The van der Waals surface area contributed by atoms with E-state index < -0.39 is 10.8 Å². The van der Waals surface area contributed by atoms with E-state index in [1.54, 1.807) is 0 Å². The Labute approximate surface area is 354 Å². The van der Waals surface area contributed by atoms with E-state index in [1.807, 2.05) is 36.4 Å². The lowest BCUT2D eigenvalue weighted by Gasteiger charge is -2.50. The third-order valence-electron chi connectivity index (χ3n) is 13.4. The molecule has 2 aliphatic rings. The Bertz CT molecular complexity index is 2790. The van der Waals surface area contributed by atoms with Crippen molar-refractivity contribution in [3.8, 4) is 11.1 Å². The van der Waals surface area contributed by atoms with Gasteiger partial charge in [-0.3, -0.25) is 0 Å². The number of fused-ring (bicyclic) bond motifs is 9. The second kappa shape index (κ2) is 15.3. The van der Waals surface area contributed by atoms with Crippen molar-refractivity contribution in [1.82, 2.24) is 0 Å². The predicted molar refractivity (Wildman–Crippen MR) is 249 cm³/mol. The van der Waals surface area contributed by atoms with Crippen LogP contribution in [0.15, 0.2) is 223 Å². The first-order valence-electron chi connectivity index (χ1n) is 21.2. The summed E-state index contributed by atoms with van der Waals surface area (Å²) in [6, 6.07) is 77.8. The largest absolute Gasteiger partial charge is 0.383 e. The van der Waals surface area contributed by atoms with Gasteiger partial charge in [-0.1, -0.05) is 232 Å². The SMILES string of the molecule is CC(C/C=C(/N=C(N)c1ccccc1)c1ccccc1)C(C)c1ccc2c(c1)C(c1ccccc1)(c1ccccc1)c1ccccc1C21c2ccccc2-c2ccccc21. The van der Waals surface area contributed by atoms with Crippen molar-refractivity contribution in [3.63, 3.8) is 0 Å². The van der Waals surface area contributed by atoms with E-state index in [0.717, 1.165) is 23.2 Å². The molecule has 60 heavy (non-hydrogen) atoms. The average molecular weight is 773 g/mol. The highest BCUT2D eigenvalue weighted by Gasteiger charge is 2.56. The molecule has 0 aliphatic heterocycles. The smallest absolute Gasteiger partial charge is 0.131 e. The van der Waals surface area contributed by atoms with Crippen molar-refractivity contribution < 1.29 is 0 Å². The normalized spacial score (nSPS) is 15.6. The molecule has 2 N–H and O–H groups in total. The third-order valence-corrected chi connectivity index (χ3v) is 13.4. The van der Waals surface area contributed by atoms with Gasteiger partial charge in [0.15, 0.2) is 0 Å². The van der Waals surface area contributed by atoms with Gasteiger partial charge in [0, 0.05) is 5.56 Å². The Morgan fingerprint density at radius 1 is 0.467 bits per heavy atom. The Morgan fingerprint density at radius 2 is 0.900 bits per heavy atom. The molecule has 290 valence electrons. The number of hydrogen-bond acceptors (Lipinski definition) is 1. The maximum atomic E-state index is 6.63. The summed E-state index contributed by atoms with van der Waals surface area (Å²) in [6.07, 6.45) is 3.12. The molecule has 0 radical (unpaired) electrons. The minimum atomic E-state index is -0.574. The zero-order valence-electron chi connectivity index (χ0n) is 34.2. The quantitative estimate of drug-likeness (QED) is 0.115. The van der Waals surface area contributed by atoms with Crippen LogP contribution < -0.4 is 5.73 Å². The van der Waals surface area contributed by atoms with Gasteiger partial charge in [-0.25, -0.2) is 4.99 Å². The van der Waals surface area contributed by atoms with Gasteiger partial charge in [-0.2, -0.15) is 0 Å². The maximum absolute atomic E-state index is 6.63. The Morgan fingerprint density at radius 3 is 1.45 bits per heavy atom. The Balaban J connectivity index is 1.18. The fourth-order valence-electron chi connectivity index (χ4n) is 10.4. The van der Waals surface area contributed by atoms with Crippen molar-refractivity contribution in [1.29, 1.82) is 0 Å². The first-order valence-corrected chi connectivity index (χ1v) is 21.2. The van der Waals surface area contributed by atoms with Crippen LogP contribution in [-0.2, 0) is 10.8 Å². The van der Waals surface area contributed by atoms with Crippen LogP contribution >= 0.6 is 0 Å². The second-order valence-electron chi connectivity index (χ2n) is 16.5. The molecule has 10 rings (SSSR count). The number of allylic oxidation sites excluding steroid dienone is 1. The van der Waals surface area contributed by atoms with E-state index in [2.05, 4.69) is 196 Å². The van der Waals surface area contributed by atoms with E-state index in [0.29, 0.717) is 11.8 Å². The van der Waals surface area contributed by atoms with Gasteiger partial charge in [0.25, 0.3) is 0 Å². The van der Waals surface area contributed by atoms with Crippen LogP contribution in [0, 0.1) is 5.92 Å². The van der Waals surface area contributed by atoms with Crippen LogP contribution in [0.5, 0.6) is 0 Å². The molecule has 8 aromatic carbocycles. The highest BCUT2D eigenvalue weighted by Crippen LogP contribution is 2.64. The van der Waals surface area contributed by atoms with Crippen molar-refractivity contribution in [2.45, 2.75) is 37.0 Å². The van der Waals surface area contributed by atoms with Crippen LogP contribution in [0.3, 0.4) is 0 Å². The molecular formula is C58H48N2. The van der Waals surface area contributed by atoms with E-state index in [9.17, 15) is 0 Å². The van der Waals surface area contributed by atoms with Crippen LogP contribution in [0.2, 0.25) is 0 Å². The van der Waals surface area contributed by atoms with Gasteiger partial charge in [-0.05, 0) is 85.0 Å². The van der Waals surface area contributed by atoms with E-state index >= 15 is 0 Å². The summed E-state index contributed by atoms with van der Waals surface area (Å²) in [5, 5.41) is 0. The van der Waals surface area contributed by atoms with Gasteiger partial charge < -0.3 is 5.73 Å². The predicted octanol–water partition coefficient (Wildman–Crippen LogP) is 13.3. The van der Waals surface area contributed by atoms with E-state index in [1.165, 1.54) is 61.2 Å². The van der Waals surface area contributed by atoms with E-state index in [-0.39, 0.29) is 5.92 Å². The molecule has 0 saturated carbocycles. The Kier molecular flexibility index (Phi) is 9.49. The lowest BCUT2D eigenvalue weighted by Crippen LogP contribution is -2.44. The molecule has 0 amide bonds. The lowest BCUT2D eigenvalue weighted by molar-refractivity contribution is 0.492. The highest BCUT2D eigenvalue weighted by molar-refractivity contribution is 6.00.